The van der Waals surface area contributed by atoms with Crippen molar-refractivity contribution in [2.75, 3.05) is 9.44 Å². The van der Waals surface area contributed by atoms with Crippen molar-refractivity contribution in [2.24, 2.45) is 0 Å². The molecule has 0 spiro atoms. The third-order valence-corrected chi connectivity index (χ3v) is 7.02. The number of nitrogens with one attached hydrogen (secondary N) is 2. The Hall–Kier alpha value is -2.84. The quantitative estimate of drug-likeness (QED) is 0.613. The van der Waals surface area contributed by atoms with E-state index in [1.165, 1.54) is 36.4 Å². The molecular formula is C21H22N2O4S2. The highest BCUT2D eigenvalue weighted by Crippen LogP contribution is 2.22. The maximum Gasteiger partial charge on any atom is 0.261 e. The van der Waals surface area contributed by atoms with E-state index in [0.29, 0.717) is 5.69 Å². The molecule has 0 saturated carbocycles. The van der Waals surface area contributed by atoms with E-state index in [0.717, 1.165) is 16.7 Å². The Morgan fingerprint density at radius 3 is 1.41 bits per heavy atom. The smallest absolute Gasteiger partial charge is 0.261 e. The molecule has 29 heavy (non-hydrogen) atoms. The summed E-state index contributed by atoms with van der Waals surface area (Å²) in [6, 6.07) is 17.5. The van der Waals surface area contributed by atoms with Crippen LogP contribution in [-0.4, -0.2) is 16.8 Å². The average molecular weight is 431 g/mol. The summed E-state index contributed by atoms with van der Waals surface area (Å²) in [7, 11) is -7.54. The SMILES string of the molecule is Cc1ccc(S(=O)(=O)Nc2ccc(S(=O)(=O)Nc3cc(C)cc(C)c3)cc2)cc1. The number of benzene rings is 3. The Labute approximate surface area is 171 Å². The molecule has 0 aliphatic heterocycles. The van der Waals surface area contributed by atoms with Crippen LogP contribution in [0.2, 0.25) is 0 Å². The van der Waals surface area contributed by atoms with Crippen LogP contribution < -0.4 is 9.44 Å². The number of anilines is 2. The number of rotatable bonds is 6. The molecule has 0 aliphatic carbocycles. The first-order chi connectivity index (χ1) is 13.5. The monoisotopic (exact) mass is 430 g/mol. The molecule has 0 saturated heterocycles. The van der Waals surface area contributed by atoms with E-state index in [1.807, 2.05) is 26.8 Å². The lowest BCUT2D eigenvalue weighted by molar-refractivity contribution is 0.600. The van der Waals surface area contributed by atoms with E-state index < -0.39 is 20.0 Å². The number of sulfonamides is 2. The zero-order chi connectivity index (χ0) is 21.2. The largest absolute Gasteiger partial charge is 0.280 e. The predicted octanol–water partition coefficient (Wildman–Crippen LogP) is 4.21. The molecule has 0 aromatic heterocycles. The summed E-state index contributed by atoms with van der Waals surface area (Å²) in [6.07, 6.45) is 0. The molecule has 3 rings (SSSR count). The Kier molecular flexibility index (Phi) is 5.68. The van der Waals surface area contributed by atoms with Gasteiger partial charge in [0.05, 0.1) is 9.79 Å². The summed E-state index contributed by atoms with van der Waals surface area (Å²) in [5.41, 5.74) is 3.60. The minimum atomic E-state index is -3.79. The molecule has 0 unspecified atom stereocenters. The molecule has 3 aromatic carbocycles. The fourth-order valence-corrected chi connectivity index (χ4v) is 4.98. The minimum absolute atomic E-state index is 0.0370. The molecular weight excluding hydrogens is 408 g/mol. The van der Waals surface area contributed by atoms with Crippen LogP contribution in [0.1, 0.15) is 16.7 Å². The van der Waals surface area contributed by atoms with Gasteiger partial charge in [-0.15, -0.1) is 0 Å². The number of hydrogen-bond donors (Lipinski definition) is 2. The van der Waals surface area contributed by atoms with Gasteiger partial charge in [-0.1, -0.05) is 23.8 Å². The highest BCUT2D eigenvalue weighted by Gasteiger charge is 2.17. The summed E-state index contributed by atoms with van der Waals surface area (Å²) in [4.78, 5) is 0.172. The van der Waals surface area contributed by atoms with Crippen molar-refractivity contribution in [2.45, 2.75) is 30.6 Å². The predicted molar refractivity (Wildman–Crippen MR) is 115 cm³/mol. The van der Waals surface area contributed by atoms with Crippen LogP contribution >= 0.6 is 0 Å². The molecule has 0 heterocycles. The standard InChI is InChI=1S/C21H22N2O4S2/c1-15-4-8-20(9-5-15)28(24,25)22-18-6-10-21(11-7-18)29(26,27)23-19-13-16(2)12-17(3)14-19/h4-14,22-23H,1-3H3. The molecule has 2 N–H and O–H groups in total. The Bertz CT molecular complexity index is 1210. The second-order valence-electron chi connectivity index (χ2n) is 6.92. The number of hydrogen-bond acceptors (Lipinski definition) is 4. The summed E-state index contributed by atoms with van der Waals surface area (Å²) >= 11 is 0. The minimum Gasteiger partial charge on any atom is -0.280 e. The molecule has 152 valence electrons. The summed E-state index contributed by atoms with van der Waals surface area (Å²) in [6.45, 7) is 5.65. The van der Waals surface area contributed by atoms with Gasteiger partial charge in [0.1, 0.15) is 0 Å². The van der Waals surface area contributed by atoms with Gasteiger partial charge in [0, 0.05) is 11.4 Å². The van der Waals surface area contributed by atoms with Crippen molar-refractivity contribution >= 4 is 31.4 Å². The highest BCUT2D eigenvalue weighted by atomic mass is 32.2. The first kappa shape index (κ1) is 20.9. The van der Waals surface area contributed by atoms with Crippen LogP contribution in [0.5, 0.6) is 0 Å². The van der Waals surface area contributed by atoms with Crippen molar-refractivity contribution in [3.05, 3.63) is 83.4 Å². The second-order valence-corrected chi connectivity index (χ2v) is 10.3. The lowest BCUT2D eigenvalue weighted by atomic mass is 10.1. The van der Waals surface area contributed by atoms with E-state index >= 15 is 0 Å². The van der Waals surface area contributed by atoms with Gasteiger partial charge in [-0.2, -0.15) is 0 Å². The maximum absolute atomic E-state index is 12.6. The first-order valence-corrected chi connectivity index (χ1v) is 11.8. The lowest BCUT2D eigenvalue weighted by Crippen LogP contribution is -2.14. The molecule has 0 aliphatic rings. The van der Waals surface area contributed by atoms with Gasteiger partial charge in [-0.25, -0.2) is 16.8 Å². The topological polar surface area (TPSA) is 92.3 Å². The number of aryl methyl sites for hydroxylation is 3. The third kappa shape index (κ3) is 5.16. The van der Waals surface area contributed by atoms with Crippen LogP contribution in [0.15, 0.2) is 76.5 Å². The van der Waals surface area contributed by atoms with Crippen molar-refractivity contribution in [3.8, 4) is 0 Å². The fourth-order valence-electron chi connectivity index (χ4n) is 2.88. The van der Waals surface area contributed by atoms with Gasteiger partial charge in [0.25, 0.3) is 20.0 Å². The van der Waals surface area contributed by atoms with Crippen LogP contribution in [0, 0.1) is 20.8 Å². The molecule has 8 heteroatoms. The van der Waals surface area contributed by atoms with Gasteiger partial charge in [0.15, 0.2) is 0 Å². The van der Waals surface area contributed by atoms with Crippen LogP contribution in [0.25, 0.3) is 0 Å². The van der Waals surface area contributed by atoms with E-state index in [1.54, 1.807) is 24.3 Å². The van der Waals surface area contributed by atoms with Gasteiger partial charge >= 0.3 is 0 Å². The molecule has 0 fully saturated rings. The summed E-state index contributed by atoms with van der Waals surface area (Å²) in [5, 5.41) is 0. The van der Waals surface area contributed by atoms with Crippen molar-refractivity contribution < 1.29 is 16.8 Å². The van der Waals surface area contributed by atoms with Crippen molar-refractivity contribution in [1.29, 1.82) is 0 Å². The van der Waals surface area contributed by atoms with Crippen LogP contribution in [0.3, 0.4) is 0 Å². The molecule has 0 atom stereocenters. The molecule has 0 amide bonds. The van der Waals surface area contributed by atoms with E-state index in [2.05, 4.69) is 9.44 Å². The second kappa shape index (κ2) is 7.88. The van der Waals surface area contributed by atoms with E-state index in [-0.39, 0.29) is 15.5 Å². The van der Waals surface area contributed by atoms with Crippen LogP contribution in [0.4, 0.5) is 11.4 Å². The maximum atomic E-state index is 12.6. The lowest BCUT2D eigenvalue weighted by Gasteiger charge is -2.11. The van der Waals surface area contributed by atoms with Gasteiger partial charge in [0.2, 0.25) is 0 Å². The Morgan fingerprint density at radius 1 is 0.517 bits per heavy atom. The Morgan fingerprint density at radius 2 is 0.931 bits per heavy atom. The highest BCUT2D eigenvalue weighted by molar-refractivity contribution is 7.93. The van der Waals surface area contributed by atoms with Gasteiger partial charge in [-0.3, -0.25) is 9.44 Å². The fraction of sp³-hybridized carbons (Fsp3) is 0.143. The summed E-state index contributed by atoms with van der Waals surface area (Å²) in [5.74, 6) is 0. The van der Waals surface area contributed by atoms with E-state index in [4.69, 9.17) is 0 Å². The zero-order valence-electron chi connectivity index (χ0n) is 16.3. The third-order valence-electron chi connectivity index (χ3n) is 4.22. The average Bonchev–Trinajstić information content (AvgIpc) is 2.61. The van der Waals surface area contributed by atoms with Crippen molar-refractivity contribution in [1.82, 2.24) is 0 Å². The molecule has 3 aromatic rings. The van der Waals surface area contributed by atoms with Crippen LogP contribution in [-0.2, 0) is 20.0 Å². The van der Waals surface area contributed by atoms with Crippen molar-refractivity contribution in [3.63, 3.8) is 0 Å². The zero-order valence-corrected chi connectivity index (χ0v) is 17.9. The summed E-state index contributed by atoms with van der Waals surface area (Å²) < 4.78 is 55.2. The first-order valence-electron chi connectivity index (χ1n) is 8.86. The molecule has 0 radical (unpaired) electrons. The van der Waals surface area contributed by atoms with Gasteiger partial charge in [-0.05, 0) is 80.4 Å². The van der Waals surface area contributed by atoms with Gasteiger partial charge < -0.3 is 0 Å². The molecule has 6 nitrogen and oxygen atoms in total. The van der Waals surface area contributed by atoms with E-state index in [9.17, 15) is 16.8 Å². The normalized spacial score (nSPS) is 11.8. The Balaban J connectivity index is 1.79. The molecule has 0 bridgehead atoms.